The summed E-state index contributed by atoms with van der Waals surface area (Å²) in [6.07, 6.45) is 5.71. The summed E-state index contributed by atoms with van der Waals surface area (Å²) in [5, 5.41) is 8.50. The van der Waals surface area contributed by atoms with Crippen LogP contribution in [-0.4, -0.2) is 26.3 Å². The number of rotatable bonds is 4. The van der Waals surface area contributed by atoms with Gasteiger partial charge in [0.15, 0.2) is 0 Å². The van der Waals surface area contributed by atoms with Crippen molar-refractivity contribution in [2.45, 2.75) is 13.5 Å². The van der Waals surface area contributed by atoms with Gasteiger partial charge >= 0.3 is 0 Å². The number of fused-ring (bicyclic) bond motifs is 1. The van der Waals surface area contributed by atoms with Gasteiger partial charge in [-0.15, -0.1) is 0 Å². The summed E-state index contributed by atoms with van der Waals surface area (Å²) in [5.41, 5.74) is 2.12. The van der Waals surface area contributed by atoms with E-state index in [9.17, 15) is 0 Å². The van der Waals surface area contributed by atoms with Crippen LogP contribution in [0.2, 0.25) is 0 Å². The normalized spacial score (nSPS) is 10.8. The Morgan fingerprint density at radius 1 is 1.21 bits per heavy atom. The quantitative estimate of drug-likeness (QED) is 0.774. The third-order valence-corrected chi connectivity index (χ3v) is 2.88. The van der Waals surface area contributed by atoms with Crippen LogP contribution in [0.25, 0.3) is 10.9 Å². The SMILES string of the molecule is Cc1cnn(CCNc2ncc3ccccc3n2)c1. The van der Waals surface area contributed by atoms with Crippen molar-refractivity contribution in [2.24, 2.45) is 0 Å². The minimum absolute atomic E-state index is 0.655. The zero-order valence-electron chi connectivity index (χ0n) is 10.7. The minimum atomic E-state index is 0.655. The molecule has 0 unspecified atom stereocenters. The van der Waals surface area contributed by atoms with Crippen molar-refractivity contribution < 1.29 is 0 Å². The molecular formula is C14H15N5. The Balaban J connectivity index is 1.65. The maximum Gasteiger partial charge on any atom is 0.223 e. The lowest BCUT2D eigenvalue weighted by atomic mass is 10.2. The van der Waals surface area contributed by atoms with Crippen molar-refractivity contribution in [3.05, 3.63) is 48.4 Å². The van der Waals surface area contributed by atoms with Crippen LogP contribution in [0, 0.1) is 6.92 Å². The van der Waals surface area contributed by atoms with Crippen LogP contribution in [0.15, 0.2) is 42.9 Å². The van der Waals surface area contributed by atoms with E-state index in [1.807, 2.05) is 54.5 Å². The van der Waals surface area contributed by atoms with Crippen LogP contribution in [0.4, 0.5) is 5.95 Å². The van der Waals surface area contributed by atoms with Gasteiger partial charge in [-0.2, -0.15) is 5.10 Å². The van der Waals surface area contributed by atoms with Crippen molar-refractivity contribution in [1.29, 1.82) is 0 Å². The van der Waals surface area contributed by atoms with Gasteiger partial charge in [-0.05, 0) is 18.6 Å². The summed E-state index contributed by atoms with van der Waals surface area (Å²) >= 11 is 0. The zero-order valence-corrected chi connectivity index (χ0v) is 10.7. The number of nitrogens with zero attached hydrogens (tertiary/aromatic N) is 4. The summed E-state index contributed by atoms with van der Waals surface area (Å²) in [4.78, 5) is 8.75. The van der Waals surface area contributed by atoms with Crippen molar-refractivity contribution in [1.82, 2.24) is 19.7 Å². The van der Waals surface area contributed by atoms with Crippen molar-refractivity contribution in [3.8, 4) is 0 Å². The molecule has 3 rings (SSSR count). The third kappa shape index (κ3) is 2.70. The van der Waals surface area contributed by atoms with Crippen LogP contribution >= 0.6 is 0 Å². The van der Waals surface area contributed by atoms with E-state index in [0.29, 0.717) is 5.95 Å². The molecule has 0 aliphatic carbocycles. The zero-order chi connectivity index (χ0) is 13.1. The maximum absolute atomic E-state index is 4.46. The first-order chi connectivity index (χ1) is 9.31. The molecule has 2 aromatic heterocycles. The van der Waals surface area contributed by atoms with Gasteiger partial charge in [0.2, 0.25) is 5.95 Å². The number of nitrogens with one attached hydrogen (secondary N) is 1. The van der Waals surface area contributed by atoms with Crippen molar-refractivity contribution in [2.75, 3.05) is 11.9 Å². The second kappa shape index (κ2) is 5.06. The van der Waals surface area contributed by atoms with E-state index in [1.165, 1.54) is 5.56 Å². The highest BCUT2D eigenvalue weighted by Crippen LogP contribution is 2.11. The topological polar surface area (TPSA) is 55.6 Å². The van der Waals surface area contributed by atoms with Gasteiger partial charge in [0.25, 0.3) is 0 Å². The fraction of sp³-hybridized carbons (Fsp3) is 0.214. The second-order valence-electron chi connectivity index (χ2n) is 4.46. The number of anilines is 1. The van der Waals surface area contributed by atoms with E-state index < -0.39 is 0 Å². The van der Waals surface area contributed by atoms with Crippen molar-refractivity contribution >= 4 is 16.9 Å². The Bertz CT molecular complexity index is 689. The molecule has 0 saturated carbocycles. The first kappa shape index (κ1) is 11.6. The molecule has 0 fully saturated rings. The molecule has 19 heavy (non-hydrogen) atoms. The molecule has 5 heteroatoms. The number of hydrogen-bond acceptors (Lipinski definition) is 4. The molecule has 0 saturated heterocycles. The molecule has 3 aromatic rings. The fourth-order valence-corrected chi connectivity index (χ4v) is 1.93. The standard InChI is InChI=1S/C14H15N5/c1-11-8-17-19(10-11)7-6-15-14-16-9-12-4-2-3-5-13(12)18-14/h2-5,8-10H,6-7H2,1H3,(H,15,16,18). The van der Waals surface area contributed by atoms with Gasteiger partial charge in [-0.25, -0.2) is 9.97 Å². The van der Waals surface area contributed by atoms with E-state index >= 15 is 0 Å². The Morgan fingerprint density at radius 3 is 2.95 bits per heavy atom. The van der Waals surface area contributed by atoms with Gasteiger partial charge in [0.05, 0.1) is 18.3 Å². The van der Waals surface area contributed by atoms with Crippen molar-refractivity contribution in [3.63, 3.8) is 0 Å². The summed E-state index contributed by atoms with van der Waals surface area (Å²) in [6.45, 7) is 3.58. The Hall–Kier alpha value is -2.43. The van der Waals surface area contributed by atoms with Crippen LogP contribution in [0.3, 0.4) is 0 Å². The third-order valence-electron chi connectivity index (χ3n) is 2.88. The summed E-state index contributed by atoms with van der Waals surface area (Å²) in [5.74, 6) is 0.655. The predicted octanol–water partition coefficient (Wildman–Crippen LogP) is 2.25. The lowest BCUT2D eigenvalue weighted by Gasteiger charge is -2.05. The minimum Gasteiger partial charge on any atom is -0.352 e. The first-order valence-electron chi connectivity index (χ1n) is 6.26. The fourth-order valence-electron chi connectivity index (χ4n) is 1.93. The predicted molar refractivity (Wildman–Crippen MR) is 75.0 cm³/mol. The molecule has 5 nitrogen and oxygen atoms in total. The lowest BCUT2D eigenvalue weighted by Crippen LogP contribution is -2.12. The molecular weight excluding hydrogens is 238 g/mol. The first-order valence-corrected chi connectivity index (χ1v) is 6.26. The van der Waals surface area contributed by atoms with Gasteiger partial charge in [0.1, 0.15) is 0 Å². The number of benzene rings is 1. The second-order valence-corrected chi connectivity index (χ2v) is 4.46. The number of hydrogen-bond donors (Lipinski definition) is 1. The number of aryl methyl sites for hydroxylation is 1. The monoisotopic (exact) mass is 253 g/mol. The largest absolute Gasteiger partial charge is 0.352 e. The molecule has 0 bridgehead atoms. The molecule has 0 spiro atoms. The Morgan fingerprint density at radius 2 is 2.11 bits per heavy atom. The molecule has 0 aliphatic rings. The molecule has 1 aromatic carbocycles. The number of aromatic nitrogens is 4. The highest BCUT2D eigenvalue weighted by atomic mass is 15.3. The van der Waals surface area contributed by atoms with Gasteiger partial charge < -0.3 is 5.32 Å². The van der Waals surface area contributed by atoms with Crippen LogP contribution < -0.4 is 5.32 Å². The van der Waals surface area contributed by atoms with E-state index in [-0.39, 0.29) is 0 Å². The molecule has 96 valence electrons. The molecule has 0 atom stereocenters. The highest BCUT2D eigenvalue weighted by molar-refractivity contribution is 5.78. The lowest BCUT2D eigenvalue weighted by molar-refractivity contribution is 0.636. The summed E-state index contributed by atoms with van der Waals surface area (Å²) in [6, 6.07) is 7.95. The van der Waals surface area contributed by atoms with E-state index in [0.717, 1.165) is 24.0 Å². The van der Waals surface area contributed by atoms with E-state index in [2.05, 4.69) is 20.4 Å². The maximum atomic E-state index is 4.46. The van der Waals surface area contributed by atoms with E-state index in [4.69, 9.17) is 0 Å². The average molecular weight is 253 g/mol. The van der Waals surface area contributed by atoms with Crippen LogP contribution in [0.1, 0.15) is 5.56 Å². The molecule has 1 N–H and O–H groups in total. The highest BCUT2D eigenvalue weighted by Gasteiger charge is 1.99. The smallest absolute Gasteiger partial charge is 0.223 e. The molecule has 0 radical (unpaired) electrons. The number of para-hydroxylation sites is 1. The molecule has 2 heterocycles. The Kier molecular flexibility index (Phi) is 3.10. The van der Waals surface area contributed by atoms with E-state index in [1.54, 1.807) is 0 Å². The Labute approximate surface area is 111 Å². The van der Waals surface area contributed by atoms with Gasteiger partial charge in [-0.1, -0.05) is 18.2 Å². The van der Waals surface area contributed by atoms with Crippen LogP contribution in [-0.2, 0) is 6.54 Å². The van der Waals surface area contributed by atoms with Gasteiger partial charge in [0, 0.05) is 24.3 Å². The summed E-state index contributed by atoms with van der Waals surface area (Å²) in [7, 11) is 0. The average Bonchev–Trinajstić information content (AvgIpc) is 2.84. The molecule has 0 amide bonds. The van der Waals surface area contributed by atoms with Crippen LogP contribution in [0.5, 0.6) is 0 Å². The molecule has 0 aliphatic heterocycles. The van der Waals surface area contributed by atoms with Gasteiger partial charge in [-0.3, -0.25) is 4.68 Å². The summed E-state index contributed by atoms with van der Waals surface area (Å²) < 4.78 is 1.91.